The Balaban J connectivity index is 2.08. The van der Waals surface area contributed by atoms with E-state index in [1.807, 2.05) is 0 Å². The summed E-state index contributed by atoms with van der Waals surface area (Å²) >= 11 is 20.8. The molecule has 154 valence electrons. The van der Waals surface area contributed by atoms with Gasteiger partial charge >= 0.3 is 5.97 Å². The molecular formula is C14H13BrCl3N3O6S. The molecule has 1 fully saturated rings. The Morgan fingerprint density at radius 3 is 2.64 bits per heavy atom. The van der Waals surface area contributed by atoms with E-state index in [0.29, 0.717) is 0 Å². The van der Waals surface area contributed by atoms with Crippen LogP contribution in [0.25, 0.3) is 0 Å². The molecule has 0 aliphatic carbocycles. The molecule has 2 amide bonds. The zero-order valence-electron chi connectivity index (χ0n) is 14.0. The first-order chi connectivity index (χ1) is 13.0. The maximum atomic E-state index is 12.3. The number of aliphatic hydroxyl groups excluding tert-OH is 1. The summed E-state index contributed by atoms with van der Waals surface area (Å²) < 4.78 is 3.17. The first-order valence-electron chi connectivity index (χ1n) is 7.55. The van der Waals surface area contributed by atoms with Crippen molar-refractivity contribution in [3.05, 3.63) is 28.1 Å². The van der Waals surface area contributed by atoms with Gasteiger partial charge in [-0.1, -0.05) is 50.7 Å². The predicted molar refractivity (Wildman–Crippen MR) is 108 cm³/mol. The van der Waals surface area contributed by atoms with Gasteiger partial charge in [0.15, 0.2) is 0 Å². The summed E-state index contributed by atoms with van der Waals surface area (Å²) in [5, 5.41) is 13.3. The van der Waals surface area contributed by atoms with Crippen molar-refractivity contribution in [2.45, 2.75) is 27.4 Å². The molecule has 2 rings (SSSR count). The number of halogens is 4. The molecule has 2 unspecified atom stereocenters. The van der Waals surface area contributed by atoms with Gasteiger partial charge in [-0.05, 0) is 12.1 Å². The number of nitroso groups, excluding NO2 is 1. The zero-order valence-corrected chi connectivity index (χ0v) is 18.7. The van der Waals surface area contributed by atoms with Gasteiger partial charge in [0.2, 0.25) is 9.49 Å². The number of ether oxygens (including phenoxy) is 1. The lowest BCUT2D eigenvalue weighted by Crippen LogP contribution is -2.69. The summed E-state index contributed by atoms with van der Waals surface area (Å²) in [7, 11) is 0. The Kier molecular flexibility index (Phi) is 7.65. The van der Waals surface area contributed by atoms with Gasteiger partial charge in [-0.3, -0.25) is 9.59 Å². The minimum atomic E-state index is -1.76. The van der Waals surface area contributed by atoms with E-state index < -0.39 is 51.1 Å². The molecule has 0 aromatic rings. The monoisotopic (exact) mass is 535 g/mol. The number of aliphatic hydroxyl groups is 1. The van der Waals surface area contributed by atoms with Crippen molar-refractivity contribution in [1.82, 2.24) is 10.2 Å². The van der Waals surface area contributed by atoms with Crippen molar-refractivity contribution < 1.29 is 24.2 Å². The fourth-order valence-electron chi connectivity index (χ4n) is 2.39. The lowest BCUT2D eigenvalue weighted by atomic mass is 10.1. The highest BCUT2D eigenvalue weighted by atomic mass is 79.9. The summed E-state index contributed by atoms with van der Waals surface area (Å²) in [6.07, 6.45) is 1.32. The highest BCUT2D eigenvalue weighted by Gasteiger charge is 2.52. The molecule has 2 aliphatic rings. The van der Waals surface area contributed by atoms with Crippen LogP contribution in [-0.4, -0.2) is 60.2 Å². The number of hydrogen-bond donors (Lipinski definition) is 2. The summed E-state index contributed by atoms with van der Waals surface area (Å²) in [6.45, 7) is 1.26. The first kappa shape index (κ1) is 23.3. The van der Waals surface area contributed by atoms with Crippen LogP contribution in [0.15, 0.2) is 28.4 Å². The summed E-state index contributed by atoms with van der Waals surface area (Å²) in [5.41, 5.74) is -0.524. The molecule has 0 aromatic carbocycles. The number of hydrogen-bond acceptors (Lipinski definition) is 8. The minimum Gasteiger partial charge on any atom is -0.509 e. The number of nitrogens with zero attached hydrogens (tertiary/aromatic N) is 2. The average molecular weight is 538 g/mol. The van der Waals surface area contributed by atoms with Crippen LogP contribution in [0.1, 0.15) is 6.92 Å². The standard InChI is InChI=1S/C14H13BrCl3N3O6S/c1-5-6(13(25)27-4-14(16,17)18)3-21-11(24)9(12(21)28-5)19-10(23)8(20-26)7(22)2-15/h3,5,9,12,22H,2,4H2,1H3,(H,19,23)/t5?,9?,12-/m1/s1. The maximum absolute atomic E-state index is 12.3. The lowest BCUT2D eigenvalue weighted by molar-refractivity contribution is -0.144. The third-order valence-corrected chi connectivity index (χ3v) is 6.03. The Labute approximate surface area is 186 Å². The van der Waals surface area contributed by atoms with Gasteiger partial charge in [-0.25, -0.2) is 4.79 Å². The van der Waals surface area contributed by atoms with Crippen LogP contribution in [-0.2, 0) is 19.1 Å². The molecule has 0 radical (unpaired) electrons. The molecule has 28 heavy (non-hydrogen) atoms. The molecule has 2 aliphatic heterocycles. The second-order valence-corrected chi connectivity index (χ2v) is 10.2. The SMILES string of the molecule is CC1S[C@@H]2C(NC(=O)C(N=O)=C(O)CBr)C(=O)N2C=C1C(=O)OCC(Cl)(Cl)Cl. The average Bonchev–Trinajstić information content (AvgIpc) is 2.63. The highest BCUT2D eigenvalue weighted by molar-refractivity contribution is 9.09. The number of carbonyl (C=O) groups is 3. The van der Waals surface area contributed by atoms with Crippen molar-refractivity contribution in [1.29, 1.82) is 0 Å². The highest BCUT2D eigenvalue weighted by Crippen LogP contribution is 2.41. The van der Waals surface area contributed by atoms with E-state index in [4.69, 9.17) is 39.5 Å². The number of allylic oxidation sites excluding steroid dienone is 1. The van der Waals surface area contributed by atoms with E-state index >= 15 is 0 Å². The van der Waals surface area contributed by atoms with Crippen molar-refractivity contribution in [2.75, 3.05) is 11.9 Å². The molecule has 0 bridgehead atoms. The fraction of sp³-hybridized carbons (Fsp3) is 0.500. The largest absolute Gasteiger partial charge is 0.509 e. The second kappa shape index (κ2) is 9.21. The summed E-state index contributed by atoms with van der Waals surface area (Å²) in [5.74, 6) is -2.77. The van der Waals surface area contributed by atoms with Gasteiger partial charge in [0, 0.05) is 11.4 Å². The lowest BCUT2D eigenvalue weighted by Gasteiger charge is -2.48. The number of carbonyl (C=O) groups excluding carboxylic acids is 3. The fourth-order valence-corrected chi connectivity index (χ4v) is 4.17. The Morgan fingerprint density at radius 1 is 1.46 bits per heavy atom. The number of esters is 1. The molecule has 0 saturated carbocycles. The smallest absolute Gasteiger partial charge is 0.336 e. The molecule has 2 N–H and O–H groups in total. The van der Waals surface area contributed by atoms with E-state index in [1.54, 1.807) is 6.92 Å². The van der Waals surface area contributed by atoms with E-state index in [1.165, 1.54) is 22.9 Å². The molecular weight excluding hydrogens is 524 g/mol. The van der Waals surface area contributed by atoms with Gasteiger partial charge in [0.1, 0.15) is 23.8 Å². The zero-order chi connectivity index (χ0) is 21.2. The second-order valence-electron chi connectivity index (χ2n) is 5.66. The summed E-state index contributed by atoms with van der Waals surface area (Å²) in [6, 6.07) is -0.949. The third kappa shape index (κ3) is 5.12. The molecule has 0 aromatic heterocycles. The third-order valence-electron chi connectivity index (χ3n) is 3.74. The Hall–Kier alpha value is -1.01. The van der Waals surface area contributed by atoms with E-state index in [0.717, 1.165) is 0 Å². The topological polar surface area (TPSA) is 125 Å². The number of amides is 2. The van der Waals surface area contributed by atoms with Crippen molar-refractivity contribution >= 4 is 80.3 Å². The van der Waals surface area contributed by atoms with Crippen LogP contribution in [0.4, 0.5) is 0 Å². The van der Waals surface area contributed by atoms with Crippen LogP contribution >= 0.6 is 62.5 Å². The molecule has 3 atom stereocenters. The van der Waals surface area contributed by atoms with E-state index in [2.05, 4.69) is 26.4 Å². The number of thioether (sulfide) groups is 1. The number of rotatable bonds is 6. The number of nitrogens with one attached hydrogen (secondary N) is 1. The predicted octanol–water partition coefficient (Wildman–Crippen LogP) is 2.50. The molecule has 2 heterocycles. The van der Waals surface area contributed by atoms with E-state index in [-0.39, 0.29) is 16.2 Å². The van der Waals surface area contributed by atoms with Crippen molar-refractivity contribution in [3.63, 3.8) is 0 Å². The van der Waals surface area contributed by atoms with E-state index in [9.17, 15) is 24.4 Å². The van der Waals surface area contributed by atoms with Gasteiger partial charge in [0.05, 0.1) is 10.9 Å². The minimum absolute atomic E-state index is 0.149. The first-order valence-corrected chi connectivity index (χ1v) is 10.8. The van der Waals surface area contributed by atoms with Gasteiger partial charge in [-0.15, -0.1) is 16.7 Å². The Morgan fingerprint density at radius 2 is 2.11 bits per heavy atom. The van der Waals surface area contributed by atoms with Gasteiger partial charge < -0.3 is 20.1 Å². The number of fused-ring (bicyclic) bond motifs is 1. The van der Waals surface area contributed by atoms with Crippen LogP contribution in [0.2, 0.25) is 0 Å². The molecule has 0 spiro atoms. The van der Waals surface area contributed by atoms with Crippen LogP contribution in [0.5, 0.6) is 0 Å². The normalized spacial score (nSPS) is 25.0. The van der Waals surface area contributed by atoms with Crippen molar-refractivity contribution in [2.24, 2.45) is 5.18 Å². The maximum Gasteiger partial charge on any atom is 0.336 e. The van der Waals surface area contributed by atoms with Crippen molar-refractivity contribution in [3.8, 4) is 0 Å². The van der Waals surface area contributed by atoms with Crippen LogP contribution < -0.4 is 5.32 Å². The molecule has 9 nitrogen and oxygen atoms in total. The van der Waals surface area contributed by atoms with Crippen LogP contribution in [0.3, 0.4) is 0 Å². The molecule has 1 saturated heterocycles. The quantitative estimate of drug-likeness (QED) is 0.133. The Bertz CT molecular complexity index is 772. The summed E-state index contributed by atoms with van der Waals surface area (Å²) in [4.78, 5) is 48.6. The van der Waals surface area contributed by atoms with Gasteiger partial charge in [0.25, 0.3) is 11.8 Å². The number of alkyl halides is 4. The molecule has 14 heteroatoms. The van der Waals surface area contributed by atoms with Gasteiger partial charge in [-0.2, -0.15) is 0 Å². The van der Waals surface area contributed by atoms with Crippen LogP contribution in [0, 0.1) is 4.91 Å². The number of β-lactam (4-membered cyclic amide) rings is 1.